The quantitative estimate of drug-likeness (QED) is 0.825. The molecule has 0 fully saturated rings. The van der Waals surface area contributed by atoms with E-state index in [1.807, 2.05) is 32.0 Å². The molecule has 2 N–H and O–H groups in total. The van der Waals surface area contributed by atoms with Crippen molar-refractivity contribution in [3.05, 3.63) is 29.8 Å². The third-order valence-electron chi connectivity index (χ3n) is 3.35. The van der Waals surface area contributed by atoms with Crippen LogP contribution in [0.3, 0.4) is 0 Å². The van der Waals surface area contributed by atoms with E-state index in [2.05, 4.69) is 26.8 Å². The molecule has 2 nitrogen and oxygen atoms in total. The smallest absolute Gasteiger partial charge is 0.123 e. The fraction of sp³-hybridized carbons (Fsp3) is 0.562. The highest BCUT2D eigenvalue weighted by molar-refractivity contribution is 7.80. The van der Waals surface area contributed by atoms with Crippen molar-refractivity contribution in [2.75, 3.05) is 6.61 Å². The van der Waals surface area contributed by atoms with Crippen molar-refractivity contribution in [1.29, 1.82) is 0 Å². The Balaban J connectivity index is 2.72. The molecular formula is C16H25NOS. The van der Waals surface area contributed by atoms with Gasteiger partial charge in [-0.15, -0.1) is 0 Å². The van der Waals surface area contributed by atoms with Gasteiger partial charge in [0.05, 0.1) is 11.6 Å². The Hall–Kier alpha value is -1.09. The lowest BCUT2D eigenvalue weighted by Crippen LogP contribution is -2.31. The van der Waals surface area contributed by atoms with Crippen molar-refractivity contribution in [1.82, 2.24) is 0 Å². The van der Waals surface area contributed by atoms with Gasteiger partial charge in [-0.2, -0.15) is 0 Å². The van der Waals surface area contributed by atoms with Crippen LogP contribution in [-0.4, -0.2) is 11.6 Å². The van der Waals surface area contributed by atoms with Crippen LogP contribution in [0.5, 0.6) is 5.75 Å². The van der Waals surface area contributed by atoms with Crippen molar-refractivity contribution in [3.8, 4) is 5.75 Å². The average molecular weight is 279 g/mol. The van der Waals surface area contributed by atoms with Gasteiger partial charge in [-0.05, 0) is 23.5 Å². The summed E-state index contributed by atoms with van der Waals surface area (Å²) in [5.41, 5.74) is 6.87. The zero-order valence-electron chi connectivity index (χ0n) is 12.6. The summed E-state index contributed by atoms with van der Waals surface area (Å²) >= 11 is 5.07. The molecule has 19 heavy (non-hydrogen) atoms. The van der Waals surface area contributed by atoms with Crippen molar-refractivity contribution in [3.63, 3.8) is 0 Å². The van der Waals surface area contributed by atoms with Crippen LogP contribution in [0.1, 0.15) is 46.6 Å². The molecule has 0 heterocycles. The highest BCUT2D eigenvalue weighted by Gasteiger charge is 2.22. The SMILES string of the molecule is CC(C)(CCOc1ccccc1C(C)(C)C)C(N)=S. The summed E-state index contributed by atoms with van der Waals surface area (Å²) in [6.45, 7) is 11.3. The van der Waals surface area contributed by atoms with Gasteiger partial charge in [0, 0.05) is 5.41 Å². The first-order valence-electron chi connectivity index (χ1n) is 6.67. The fourth-order valence-corrected chi connectivity index (χ4v) is 1.85. The van der Waals surface area contributed by atoms with Crippen LogP contribution in [-0.2, 0) is 5.41 Å². The van der Waals surface area contributed by atoms with Crippen molar-refractivity contribution >= 4 is 17.2 Å². The lowest BCUT2D eigenvalue weighted by Gasteiger charge is -2.25. The summed E-state index contributed by atoms with van der Waals surface area (Å²) in [5, 5.41) is 0. The lowest BCUT2D eigenvalue weighted by molar-refractivity contribution is 0.265. The minimum atomic E-state index is -0.161. The Morgan fingerprint density at radius 3 is 2.26 bits per heavy atom. The van der Waals surface area contributed by atoms with Gasteiger partial charge in [0.25, 0.3) is 0 Å². The molecule has 0 spiro atoms. The normalized spacial score (nSPS) is 12.3. The van der Waals surface area contributed by atoms with E-state index in [9.17, 15) is 0 Å². The first-order chi connectivity index (χ1) is 8.64. The van der Waals surface area contributed by atoms with Crippen molar-refractivity contribution in [2.24, 2.45) is 11.1 Å². The number of nitrogens with two attached hydrogens (primary N) is 1. The largest absolute Gasteiger partial charge is 0.493 e. The Kier molecular flexibility index (Phi) is 4.97. The second-order valence-corrected chi connectivity index (χ2v) is 7.03. The molecule has 3 heteroatoms. The second kappa shape index (κ2) is 5.91. The summed E-state index contributed by atoms with van der Waals surface area (Å²) in [7, 11) is 0. The molecule has 1 aromatic rings. The van der Waals surface area contributed by atoms with Crippen LogP contribution in [0, 0.1) is 5.41 Å². The summed E-state index contributed by atoms with van der Waals surface area (Å²) in [6.07, 6.45) is 0.820. The molecule has 0 aliphatic heterocycles. The zero-order chi connectivity index (χ0) is 14.7. The molecule has 1 rings (SSSR count). The molecule has 106 valence electrons. The molecule has 0 radical (unpaired) electrons. The van der Waals surface area contributed by atoms with Crippen LogP contribution in [0.2, 0.25) is 0 Å². The van der Waals surface area contributed by atoms with Crippen molar-refractivity contribution in [2.45, 2.75) is 46.5 Å². The van der Waals surface area contributed by atoms with Crippen molar-refractivity contribution < 1.29 is 4.74 Å². The van der Waals surface area contributed by atoms with E-state index in [0.717, 1.165) is 12.2 Å². The molecule has 0 atom stereocenters. The third-order valence-corrected chi connectivity index (χ3v) is 3.90. The number of rotatable bonds is 5. The fourth-order valence-electron chi connectivity index (χ4n) is 1.75. The number of benzene rings is 1. The molecule has 0 saturated heterocycles. The highest BCUT2D eigenvalue weighted by atomic mass is 32.1. The third kappa shape index (κ3) is 4.50. The second-order valence-electron chi connectivity index (χ2n) is 6.59. The first kappa shape index (κ1) is 16.0. The molecule has 0 bridgehead atoms. The van der Waals surface area contributed by atoms with E-state index < -0.39 is 0 Å². The zero-order valence-corrected chi connectivity index (χ0v) is 13.4. The minimum Gasteiger partial charge on any atom is -0.493 e. The van der Waals surface area contributed by atoms with E-state index in [-0.39, 0.29) is 10.8 Å². The standard InChI is InChI=1S/C16H25NOS/c1-15(2,3)12-8-6-7-9-13(12)18-11-10-16(4,5)14(17)19/h6-9H,10-11H2,1-5H3,(H2,17,19). The maximum Gasteiger partial charge on any atom is 0.123 e. The molecule has 0 amide bonds. The number of thiocarbonyl (C=S) groups is 1. The van der Waals surface area contributed by atoms with Crippen LogP contribution in [0.15, 0.2) is 24.3 Å². The predicted octanol–water partition coefficient (Wildman–Crippen LogP) is 4.07. The van der Waals surface area contributed by atoms with E-state index in [1.165, 1.54) is 5.56 Å². The summed E-state index contributed by atoms with van der Waals surface area (Å²) in [6, 6.07) is 8.19. The number of para-hydroxylation sites is 1. The topological polar surface area (TPSA) is 35.2 Å². The van der Waals surface area contributed by atoms with Crippen LogP contribution >= 0.6 is 12.2 Å². The van der Waals surface area contributed by atoms with Gasteiger partial charge in [-0.1, -0.05) is 65.0 Å². The first-order valence-corrected chi connectivity index (χ1v) is 7.07. The van der Waals surface area contributed by atoms with Crippen LogP contribution in [0.25, 0.3) is 0 Å². The Labute approximate surface area is 122 Å². The molecule has 0 aliphatic carbocycles. The van der Waals surface area contributed by atoms with E-state index in [0.29, 0.717) is 11.6 Å². The summed E-state index contributed by atoms with van der Waals surface area (Å²) < 4.78 is 5.93. The van der Waals surface area contributed by atoms with Gasteiger partial charge in [0.15, 0.2) is 0 Å². The number of hydrogen-bond donors (Lipinski definition) is 1. The lowest BCUT2D eigenvalue weighted by atomic mass is 9.86. The van der Waals surface area contributed by atoms with Gasteiger partial charge in [0.2, 0.25) is 0 Å². The molecular weight excluding hydrogens is 254 g/mol. The molecule has 0 unspecified atom stereocenters. The summed E-state index contributed by atoms with van der Waals surface area (Å²) in [4.78, 5) is 0.542. The maximum atomic E-state index is 5.93. The Morgan fingerprint density at radius 1 is 1.16 bits per heavy atom. The maximum absolute atomic E-state index is 5.93. The van der Waals surface area contributed by atoms with E-state index in [1.54, 1.807) is 0 Å². The molecule has 0 aliphatic rings. The van der Waals surface area contributed by atoms with Gasteiger partial charge < -0.3 is 10.5 Å². The van der Waals surface area contributed by atoms with Crippen LogP contribution in [0.4, 0.5) is 0 Å². The van der Waals surface area contributed by atoms with Gasteiger partial charge in [0.1, 0.15) is 5.75 Å². The Bertz CT molecular complexity index is 446. The van der Waals surface area contributed by atoms with Gasteiger partial charge in [-0.25, -0.2) is 0 Å². The average Bonchev–Trinajstić information content (AvgIpc) is 2.27. The van der Waals surface area contributed by atoms with Crippen LogP contribution < -0.4 is 10.5 Å². The monoisotopic (exact) mass is 279 g/mol. The van der Waals surface area contributed by atoms with E-state index in [4.69, 9.17) is 22.7 Å². The molecule has 0 saturated carbocycles. The predicted molar refractivity (Wildman–Crippen MR) is 85.8 cm³/mol. The molecule has 1 aromatic carbocycles. The van der Waals surface area contributed by atoms with E-state index >= 15 is 0 Å². The number of hydrogen-bond acceptors (Lipinski definition) is 2. The van der Waals surface area contributed by atoms with Gasteiger partial charge >= 0.3 is 0 Å². The number of ether oxygens (including phenoxy) is 1. The Morgan fingerprint density at radius 2 is 1.74 bits per heavy atom. The minimum absolute atomic E-state index is 0.0787. The highest BCUT2D eigenvalue weighted by Crippen LogP contribution is 2.31. The van der Waals surface area contributed by atoms with Gasteiger partial charge in [-0.3, -0.25) is 0 Å². The molecule has 0 aromatic heterocycles. The summed E-state index contributed by atoms with van der Waals surface area (Å²) in [5.74, 6) is 0.953.